The maximum absolute atomic E-state index is 12.0. The molecule has 1 aliphatic carbocycles. The largest absolute Gasteiger partial charge is 0.266 e. The Bertz CT molecular complexity index is 435. The van der Waals surface area contributed by atoms with Gasteiger partial charge >= 0.3 is 0 Å². The molecule has 2 rings (SSSR count). The Labute approximate surface area is 102 Å². The minimum Gasteiger partial charge on any atom is -0.266 e. The van der Waals surface area contributed by atoms with Gasteiger partial charge in [-0.2, -0.15) is 5.10 Å². The van der Waals surface area contributed by atoms with E-state index in [-0.39, 0.29) is 11.1 Å². The summed E-state index contributed by atoms with van der Waals surface area (Å²) in [6.07, 6.45) is 7.37. The first-order valence-corrected chi connectivity index (χ1v) is 7.59. The molecule has 1 aromatic rings. The molecule has 5 nitrogen and oxygen atoms in total. The van der Waals surface area contributed by atoms with Gasteiger partial charge in [-0.25, -0.2) is 13.1 Å². The molecule has 1 fully saturated rings. The Morgan fingerprint density at radius 1 is 1.41 bits per heavy atom. The molecule has 0 aromatic carbocycles. The first-order valence-electron chi connectivity index (χ1n) is 6.11. The van der Waals surface area contributed by atoms with E-state index in [0.29, 0.717) is 5.92 Å². The van der Waals surface area contributed by atoms with Crippen LogP contribution in [0.3, 0.4) is 0 Å². The van der Waals surface area contributed by atoms with E-state index in [9.17, 15) is 8.42 Å². The summed E-state index contributed by atoms with van der Waals surface area (Å²) >= 11 is 0. The van der Waals surface area contributed by atoms with Crippen molar-refractivity contribution in [2.45, 2.75) is 50.1 Å². The van der Waals surface area contributed by atoms with Crippen LogP contribution in [0.5, 0.6) is 0 Å². The van der Waals surface area contributed by atoms with Gasteiger partial charge in [-0.05, 0) is 31.7 Å². The second-order valence-corrected chi connectivity index (χ2v) is 6.41. The molecular weight excluding hydrogens is 238 g/mol. The summed E-state index contributed by atoms with van der Waals surface area (Å²) in [7, 11) is -3.43. The molecule has 6 heteroatoms. The van der Waals surface area contributed by atoms with Crippen LogP contribution in [0, 0.1) is 5.92 Å². The molecule has 0 radical (unpaired) electrons. The Kier molecular flexibility index (Phi) is 3.83. The molecule has 1 aromatic heterocycles. The number of hydrogen-bond donors (Lipinski definition) is 2. The predicted octanol–water partition coefficient (Wildman–Crippen LogP) is 1.66. The van der Waals surface area contributed by atoms with Crippen molar-refractivity contribution in [1.29, 1.82) is 0 Å². The van der Waals surface area contributed by atoms with Crippen molar-refractivity contribution in [2.24, 2.45) is 5.92 Å². The lowest BCUT2D eigenvalue weighted by Gasteiger charge is -2.27. The van der Waals surface area contributed by atoms with Gasteiger partial charge in [0.2, 0.25) is 0 Å². The first kappa shape index (κ1) is 12.6. The van der Waals surface area contributed by atoms with Gasteiger partial charge in [0.25, 0.3) is 10.0 Å². The Morgan fingerprint density at radius 3 is 2.71 bits per heavy atom. The maximum Gasteiger partial charge on any atom is 0.257 e. The molecular formula is C11H19N3O2S. The third-order valence-corrected chi connectivity index (χ3v) is 4.95. The fourth-order valence-corrected chi connectivity index (χ4v) is 3.65. The van der Waals surface area contributed by atoms with Crippen molar-refractivity contribution >= 4 is 10.0 Å². The van der Waals surface area contributed by atoms with Crippen LogP contribution in [0.25, 0.3) is 0 Å². The number of nitrogens with one attached hydrogen (secondary N) is 2. The van der Waals surface area contributed by atoms with Crippen LogP contribution >= 0.6 is 0 Å². The van der Waals surface area contributed by atoms with E-state index in [1.165, 1.54) is 31.5 Å². The number of rotatable bonds is 4. The van der Waals surface area contributed by atoms with Crippen LogP contribution in [0.2, 0.25) is 0 Å². The summed E-state index contributed by atoms with van der Waals surface area (Å²) in [5, 5.41) is 6.29. The van der Waals surface area contributed by atoms with Gasteiger partial charge in [-0.3, -0.25) is 5.10 Å². The third kappa shape index (κ3) is 3.07. The summed E-state index contributed by atoms with van der Waals surface area (Å²) in [6, 6.07) is 1.46. The summed E-state index contributed by atoms with van der Waals surface area (Å²) in [6.45, 7) is 1.95. The van der Waals surface area contributed by atoms with E-state index < -0.39 is 10.0 Å². The average molecular weight is 257 g/mol. The van der Waals surface area contributed by atoms with Crippen molar-refractivity contribution in [3.8, 4) is 0 Å². The average Bonchev–Trinajstić information content (AvgIpc) is 2.84. The minimum absolute atomic E-state index is 0.0106. The Morgan fingerprint density at radius 2 is 2.12 bits per heavy atom. The van der Waals surface area contributed by atoms with Crippen LogP contribution < -0.4 is 4.72 Å². The van der Waals surface area contributed by atoms with E-state index in [0.717, 1.165) is 12.8 Å². The van der Waals surface area contributed by atoms with E-state index in [1.54, 1.807) is 0 Å². The zero-order chi connectivity index (χ0) is 12.3. The zero-order valence-electron chi connectivity index (χ0n) is 10.0. The molecule has 0 aliphatic heterocycles. The molecule has 0 amide bonds. The van der Waals surface area contributed by atoms with E-state index in [4.69, 9.17) is 0 Å². The van der Waals surface area contributed by atoms with Gasteiger partial charge in [-0.15, -0.1) is 0 Å². The normalized spacial score (nSPS) is 20.3. The lowest BCUT2D eigenvalue weighted by Crippen LogP contribution is -2.38. The number of hydrogen-bond acceptors (Lipinski definition) is 3. The minimum atomic E-state index is -3.43. The molecule has 1 atom stereocenters. The van der Waals surface area contributed by atoms with Crippen molar-refractivity contribution in [3.63, 3.8) is 0 Å². The fourth-order valence-electron chi connectivity index (χ4n) is 2.43. The fraction of sp³-hybridized carbons (Fsp3) is 0.727. The highest BCUT2D eigenvalue weighted by Crippen LogP contribution is 2.26. The van der Waals surface area contributed by atoms with Crippen LogP contribution in [-0.2, 0) is 10.0 Å². The van der Waals surface area contributed by atoms with Crippen LogP contribution in [0.15, 0.2) is 17.3 Å². The highest BCUT2D eigenvalue weighted by atomic mass is 32.2. The van der Waals surface area contributed by atoms with Crippen molar-refractivity contribution in [3.05, 3.63) is 12.3 Å². The number of aromatic nitrogens is 2. The van der Waals surface area contributed by atoms with Gasteiger partial charge < -0.3 is 0 Å². The molecule has 1 saturated carbocycles. The molecule has 2 N–H and O–H groups in total. The predicted molar refractivity (Wildman–Crippen MR) is 64.9 cm³/mol. The topological polar surface area (TPSA) is 74.8 Å². The lowest BCUT2D eigenvalue weighted by atomic mass is 9.85. The number of H-pyrrole nitrogens is 1. The van der Waals surface area contributed by atoms with Gasteiger partial charge in [0.1, 0.15) is 0 Å². The summed E-state index contributed by atoms with van der Waals surface area (Å²) < 4.78 is 26.7. The van der Waals surface area contributed by atoms with Gasteiger partial charge in [0.15, 0.2) is 5.03 Å². The molecule has 0 bridgehead atoms. The second kappa shape index (κ2) is 5.18. The number of aromatic amines is 1. The lowest BCUT2D eigenvalue weighted by molar-refractivity contribution is 0.303. The highest BCUT2D eigenvalue weighted by Gasteiger charge is 2.25. The molecule has 96 valence electrons. The molecule has 0 spiro atoms. The van der Waals surface area contributed by atoms with E-state index >= 15 is 0 Å². The molecule has 1 heterocycles. The van der Waals surface area contributed by atoms with E-state index in [1.807, 2.05) is 6.92 Å². The number of nitrogens with zero attached hydrogens (tertiary/aromatic N) is 1. The van der Waals surface area contributed by atoms with Crippen LogP contribution in [-0.4, -0.2) is 24.7 Å². The Balaban J connectivity index is 2.00. The van der Waals surface area contributed by atoms with Crippen LogP contribution in [0.1, 0.15) is 39.0 Å². The maximum atomic E-state index is 12.0. The quantitative estimate of drug-likeness (QED) is 0.861. The zero-order valence-corrected chi connectivity index (χ0v) is 10.8. The smallest absolute Gasteiger partial charge is 0.257 e. The molecule has 1 aliphatic rings. The first-order chi connectivity index (χ1) is 8.09. The van der Waals surface area contributed by atoms with Crippen molar-refractivity contribution in [1.82, 2.24) is 14.9 Å². The van der Waals surface area contributed by atoms with Crippen molar-refractivity contribution < 1.29 is 8.42 Å². The third-order valence-electron chi connectivity index (χ3n) is 3.46. The van der Waals surface area contributed by atoms with Gasteiger partial charge in [0, 0.05) is 6.04 Å². The molecule has 1 unspecified atom stereocenters. The van der Waals surface area contributed by atoms with Gasteiger partial charge in [-0.1, -0.05) is 19.3 Å². The summed E-state index contributed by atoms with van der Waals surface area (Å²) in [4.78, 5) is 0. The highest BCUT2D eigenvalue weighted by molar-refractivity contribution is 7.89. The summed E-state index contributed by atoms with van der Waals surface area (Å²) in [5.41, 5.74) is 0. The van der Waals surface area contributed by atoms with Crippen LogP contribution in [0.4, 0.5) is 0 Å². The monoisotopic (exact) mass is 257 g/mol. The van der Waals surface area contributed by atoms with E-state index in [2.05, 4.69) is 14.9 Å². The Hall–Kier alpha value is -0.880. The second-order valence-electron chi connectivity index (χ2n) is 4.73. The standard InChI is InChI=1S/C11H19N3O2S/c1-9(10-5-3-2-4-6-10)14-17(15,16)11-7-8-12-13-11/h7-10,14H,2-6H2,1H3,(H,12,13). The molecule has 0 saturated heterocycles. The van der Waals surface area contributed by atoms with Crippen molar-refractivity contribution in [2.75, 3.05) is 0 Å². The molecule has 17 heavy (non-hydrogen) atoms. The number of sulfonamides is 1. The van der Waals surface area contributed by atoms with Gasteiger partial charge in [0.05, 0.1) is 6.20 Å². The summed E-state index contributed by atoms with van der Waals surface area (Å²) in [5.74, 6) is 0.460. The SMILES string of the molecule is CC(NS(=O)(=O)c1ccn[nH]1)C1CCCCC1.